The van der Waals surface area contributed by atoms with Crippen LogP contribution in [0.25, 0.3) is 6.08 Å². The maximum Gasteiger partial charge on any atom is 0.415 e. The second-order valence-corrected chi connectivity index (χ2v) is 6.26. The van der Waals surface area contributed by atoms with E-state index in [0.29, 0.717) is 0 Å². The number of benzene rings is 1. The summed E-state index contributed by atoms with van der Waals surface area (Å²) < 4.78 is 5.91. The van der Waals surface area contributed by atoms with Gasteiger partial charge in [-0.15, -0.1) is 0 Å². The molecule has 0 radical (unpaired) electrons. The first-order valence-electron chi connectivity index (χ1n) is 8.94. The number of rotatable bonds is 8. The van der Waals surface area contributed by atoms with Gasteiger partial charge in [-0.25, -0.2) is 4.79 Å². The Labute approximate surface area is 140 Å². The SMILES string of the molecule is CCCCN1C(=O)OC(CC)(CCCC)/C1=C/c1ccccc1. The molecule has 0 saturated carbocycles. The van der Waals surface area contributed by atoms with E-state index in [-0.39, 0.29) is 6.09 Å². The first-order valence-corrected chi connectivity index (χ1v) is 8.94. The molecule has 0 spiro atoms. The zero-order valence-electron chi connectivity index (χ0n) is 14.7. The van der Waals surface area contributed by atoms with E-state index in [9.17, 15) is 4.79 Å². The summed E-state index contributed by atoms with van der Waals surface area (Å²) in [6.45, 7) is 7.18. The van der Waals surface area contributed by atoms with Gasteiger partial charge in [0.2, 0.25) is 0 Å². The van der Waals surface area contributed by atoms with Crippen LogP contribution in [0.4, 0.5) is 4.79 Å². The van der Waals surface area contributed by atoms with Gasteiger partial charge in [-0.3, -0.25) is 4.90 Å². The summed E-state index contributed by atoms with van der Waals surface area (Å²) in [7, 11) is 0. The Morgan fingerprint density at radius 3 is 2.39 bits per heavy atom. The highest BCUT2D eigenvalue weighted by Crippen LogP contribution is 2.41. The third-order valence-corrected chi connectivity index (χ3v) is 4.60. The van der Waals surface area contributed by atoms with Crippen molar-refractivity contribution >= 4 is 12.2 Å². The fourth-order valence-corrected chi connectivity index (χ4v) is 3.13. The summed E-state index contributed by atoms with van der Waals surface area (Å²) in [4.78, 5) is 14.3. The normalized spacial score (nSPS) is 22.7. The molecule has 0 N–H and O–H groups in total. The molecule has 0 aromatic heterocycles. The fraction of sp³-hybridized carbons (Fsp3) is 0.550. The molecule has 1 aromatic rings. The predicted molar refractivity (Wildman–Crippen MR) is 95.1 cm³/mol. The number of ether oxygens (including phenoxy) is 1. The van der Waals surface area contributed by atoms with E-state index >= 15 is 0 Å². The van der Waals surface area contributed by atoms with E-state index in [0.717, 1.165) is 56.3 Å². The lowest BCUT2D eigenvalue weighted by Crippen LogP contribution is -2.32. The van der Waals surface area contributed by atoms with Gasteiger partial charge in [0, 0.05) is 6.54 Å². The number of hydrogen-bond donors (Lipinski definition) is 0. The molecule has 1 saturated heterocycles. The molecule has 1 heterocycles. The van der Waals surface area contributed by atoms with Gasteiger partial charge in [0.25, 0.3) is 0 Å². The number of carbonyl (C=O) groups is 1. The average molecular weight is 315 g/mol. The number of amides is 1. The van der Waals surface area contributed by atoms with Crippen LogP contribution >= 0.6 is 0 Å². The van der Waals surface area contributed by atoms with Crippen molar-refractivity contribution in [1.29, 1.82) is 0 Å². The second kappa shape index (κ2) is 8.19. The van der Waals surface area contributed by atoms with Crippen molar-refractivity contribution in [3.8, 4) is 0 Å². The van der Waals surface area contributed by atoms with E-state index in [4.69, 9.17) is 4.74 Å². The van der Waals surface area contributed by atoms with Crippen molar-refractivity contribution in [3.63, 3.8) is 0 Å². The van der Waals surface area contributed by atoms with Crippen molar-refractivity contribution in [2.45, 2.75) is 64.9 Å². The van der Waals surface area contributed by atoms with Gasteiger partial charge in [-0.1, -0.05) is 63.9 Å². The Hall–Kier alpha value is -1.77. The summed E-state index contributed by atoms with van der Waals surface area (Å²) in [5, 5.41) is 0. The topological polar surface area (TPSA) is 29.5 Å². The minimum Gasteiger partial charge on any atom is -0.436 e. The van der Waals surface area contributed by atoms with Crippen LogP contribution in [-0.2, 0) is 4.74 Å². The Balaban J connectivity index is 2.40. The van der Waals surface area contributed by atoms with Crippen molar-refractivity contribution in [2.75, 3.05) is 6.54 Å². The standard InChI is InChI=1S/C20H29NO2/c1-4-7-14-20(6-3)18(16-17-12-10-9-11-13-17)21(15-8-5-2)19(22)23-20/h9-13,16H,4-8,14-15H2,1-3H3/b18-16-. The van der Waals surface area contributed by atoms with Crippen LogP contribution in [0.15, 0.2) is 36.0 Å². The smallest absolute Gasteiger partial charge is 0.415 e. The van der Waals surface area contributed by atoms with Crippen LogP contribution in [0.2, 0.25) is 0 Å². The van der Waals surface area contributed by atoms with Crippen molar-refractivity contribution < 1.29 is 9.53 Å². The van der Waals surface area contributed by atoms with Crippen LogP contribution < -0.4 is 0 Å². The number of unbranched alkanes of at least 4 members (excludes halogenated alkanes) is 2. The molecule has 1 atom stereocenters. The lowest BCUT2D eigenvalue weighted by molar-refractivity contribution is 0.0576. The van der Waals surface area contributed by atoms with Crippen LogP contribution in [0.1, 0.15) is 64.9 Å². The number of hydrogen-bond acceptors (Lipinski definition) is 2. The van der Waals surface area contributed by atoms with Gasteiger partial charge >= 0.3 is 6.09 Å². The highest BCUT2D eigenvalue weighted by Gasteiger charge is 2.47. The molecule has 2 rings (SSSR count). The number of carbonyl (C=O) groups excluding carboxylic acids is 1. The van der Waals surface area contributed by atoms with Crippen LogP contribution in [-0.4, -0.2) is 23.1 Å². The van der Waals surface area contributed by atoms with Crippen molar-refractivity contribution in [1.82, 2.24) is 4.90 Å². The van der Waals surface area contributed by atoms with Crippen LogP contribution in [0, 0.1) is 0 Å². The zero-order valence-corrected chi connectivity index (χ0v) is 14.7. The molecule has 1 aliphatic rings. The molecule has 0 aliphatic carbocycles. The number of cyclic esters (lactones) is 1. The molecular formula is C20H29NO2. The van der Waals surface area contributed by atoms with Gasteiger partial charge in [-0.2, -0.15) is 0 Å². The van der Waals surface area contributed by atoms with Crippen LogP contribution in [0.3, 0.4) is 0 Å². The monoisotopic (exact) mass is 315 g/mol. The van der Waals surface area contributed by atoms with Gasteiger partial charge in [0.05, 0.1) is 5.70 Å². The largest absolute Gasteiger partial charge is 0.436 e. The molecule has 1 unspecified atom stereocenters. The summed E-state index contributed by atoms with van der Waals surface area (Å²) in [6.07, 6.45) is 7.90. The molecule has 1 aliphatic heterocycles. The molecular weight excluding hydrogens is 286 g/mol. The average Bonchev–Trinajstić information content (AvgIpc) is 2.84. The highest BCUT2D eigenvalue weighted by atomic mass is 16.6. The fourth-order valence-electron chi connectivity index (χ4n) is 3.13. The molecule has 23 heavy (non-hydrogen) atoms. The van der Waals surface area contributed by atoms with Gasteiger partial charge in [0.15, 0.2) is 5.60 Å². The Morgan fingerprint density at radius 1 is 1.09 bits per heavy atom. The Morgan fingerprint density at radius 2 is 1.78 bits per heavy atom. The summed E-state index contributed by atoms with van der Waals surface area (Å²) in [5.74, 6) is 0. The minimum absolute atomic E-state index is 0.182. The van der Waals surface area contributed by atoms with Gasteiger partial charge in [-0.05, 0) is 37.3 Å². The second-order valence-electron chi connectivity index (χ2n) is 6.26. The number of nitrogens with zero attached hydrogens (tertiary/aromatic N) is 1. The first-order chi connectivity index (χ1) is 11.2. The molecule has 126 valence electrons. The molecule has 3 heteroatoms. The molecule has 1 aromatic carbocycles. The quantitative estimate of drug-likeness (QED) is 0.623. The maximum atomic E-state index is 12.5. The third-order valence-electron chi connectivity index (χ3n) is 4.60. The molecule has 0 bridgehead atoms. The molecule has 1 amide bonds. The maximum absolute atomic E-state index is 12.5. The van der Waals surface area contributed by atoms with Gasteiger partial charge < -0.3 is 4.74 Å². The lowest BCUT2D eigenvalue weighted by Gasteiger charge is -2.28. The third kappa shape index (κ3) is 3.95. The summed E-state index contributed by atoms with van der Waals surface area (Å²) in [6, 6.07) is 10.2. The van der Waals surface area contributed by atoms with E-state index in [1.807, 2.05) is 23.1 Å². The molecule has 3 nitrogen and oxygen atoms in total. The van der Waals surface area contributed by atoms with E-state index in [1.165, 1.54) is 0 Å². The van der Waals surface area contributed by atoms with Crippen molar-refractivity contribution in [2.24, 2.45) is 0 Å². The van der Waals surface area contributed by atoms with E-state index in [1.54, 1.807) is 0 Å². The van der Waals surface area contributed by atoms with Crippen LogP contribution in [0.5, 0.6) is 0 Å². The van der Waals surface area contributed by atoms with E-state index in [2.05, 4.69) is 39.0 Å². The highest BCUT2D eigenvalue weighted by molar-refractivity contribution is 5.78. The lowest BCUT2D eigenvalue weighted by atomic mass is 9.89. The van der Waals surface area contributed by atoms with Crippen molar-refractivity contribution in [3.05, 3.63) is 41.6 Å². The Bertz CT molecular complexity index is 538. The molecule has 1 fully saturated rings. The Kier molecular flexibility index (Phi) is 6.26. The van der Waals surface area contributed by atoms with Gasteiger partial charge in [0.1, 0.15) is 0 Å². The minimum atomic E-state index is -0.462. The first kappa shape index (κ1) is 17.6. The zero-order chi connectivity index (χ0) is 16.7. The predicted octanol–water partition coefficient (Wildman–Crippen LogP) is 5.62. The summed E-state index contributed by atoms with van der Waals surface area (Å²) >= 11 is 0. The summed E-state index contributed by atoms with van der Waals surface area (Å²) in [5.41, 5.74) is 1.70. The van der Waals surface area contributed by atoms with E-state index < -0.39 is 5.60 Å².